The van der Waals surface area contributed by atoms with Crippen LogP contribution in [0.4, 0.5) is 0 Å². The topological polar surface area (TPSA) is 61.4 Å². The summed E-state index contributed by atoms with van der Waals surface area (Å²) < 4.78 is 10.8. The van der Waals surface area contributed by atoms with E-state index in [1.54, 1.807) is 7.11 Å². The van der Waals surface area contributed by atoms with E-state index in [1.165, 1.54) is 24.3 Å². The average molecular weight is 552 g/mol. The van der Waals surface area contributed by atoms with Crippen LogP contribution in [-0.2, 0) is 9.47 Å². The summed E-state index contributed by atoms with van der Waals surface area (Å²) in [5.74, 6) is 0.918. The van der Waals surface area contributed by atoms with E-state index in [0.29, 0.717) is 12.1 Å². The fourth-order valence-corrected chi connectivity index (χ4v) is 4.97. The minimum absolute atomic E-state index is 0. The Kier molecular flexibility index (Phi) is 12.5. The molecule has 2 fully saturated rings. The van der Waals surface area contributed by atoms with Crippen LogP contribution in [-0.4, -0.2) is 94.5 Å². The zero-order valence-electron chi connectivity index (χ0n) is 18.3. The standard InChI is InChI=1S/C21H37N5O2S.HI/c1-3-22-21(23-16-18-6-4-8-25(18)9-12-27-2)24-17-19(20-7-5-15-29-20)26-10-13-28-14-11-26;/h5,7,15,18-19H,3-4,6,8-14,16-17H2,1-2H3,(H2,22,23,24);1H. The summed E-state index contributed by atoms with van der Waals surface area (Å²) in [6.45, 7) is 11.2. The second kappa shape index (κ2) is 14.6. The molecule has 2 unspecified atom stereocenters. The Morgan fingerprint density at radius 2 is 2.17 bits per heavy atom. The number of likely N-dealkylation sites (tertiary alicyclic amines) is 1. The molecule has 9 heteroatoms. The van der Waals surface area contributed by atoms with Gasteiger partial charge in [-0.25, -0.2) is 0 Å². The van der Waals surface area contributed by atoms with Gasteiger partial charge in [0.25, 0.3) is 0 Å². The normalized spacial score (nSPS) is 21.9. The molecule has 2 N–H and O–H groups in total. The first kappa shape index (κ1) is 25.8. The van der Waals surface area contributed by atoms with Crippen molar-refractivity contribution in [2.75, 3.05) is 72.7 Å². The van der Waals surface area contributed by atoms with Crippen LogP contribution < -0.4 is 10.6 Å². The molecule has 0 bridgehead atoms. The van der Waals surface area contributed by atoms with Crippen LogP contribution in [0.2, 0.25) is 0 Å². The van der Waals surface area contributed by atoms with Gasteiger partial charge in [0, 0.05) is 50.8 Å². The molecule has 0 radical (unpaired) electrons. The first-order valence-electron chi connectivity index (χ1n) is 10.9. The maximum absolute atomic E-state index is 5.55. The number of hydrogen-bond donors (Lipinski definition) is 2. The van der Waals surface area contributed by atoms with E-state index in [2.05, 4.69) is 44.9 Å². The van der Waals surface area contributed by atoms with E-state index in [1.807, 2.05) is 11.3 Å². The lowest BCUT2D eigenvalue weighted by Gasteiger charge is -2.33. The second-order valence-corrected chi connectivity index (χ2v) is 8.58. The third-order valence-electron chi connectivity index (χ3n) is 5.71. The third-order valence-corrected chi connectivity index (χ3v) is 6.68. The highest BCUT2D eigenvalue weighted by molar-refractivity contribution is 14.0. The van der Waals surface area contributed by atoms with E-state index < -0.39 is 0 Å². The number of methoxy groups -OCH3 is 1. The first-order valence-corrected chi connectivity index (χ1v) is 11.8. The van der Waals surface area contributed by atoms with Crippen molar-refractivity contribution < 1.29 is 9.47 Å². The number of morpholine rings is 1. The summed E-state index contributed by atoms with van der Waals surface area (Å²) in [5, 5.41) is 9.17. The Balaban J connectivity index is 0.00000320. The van der Waals surface area contributed by atoms with E-state index in [4.69, 9.17) is 14.5 Å². The zero-order valence-corrected chi connectivity index (χ0v) is 21.5. The molecule has 7 nitrogen and oxygen atoms in total. The van der Waals surface area contributed by atoms with Gasteiger partial charge in [0.15, 0.2) is 5.96 Å². The van der Waals surface area contributed by atoms with E-state index in [9.17, 15) is 0 Å². The van der Waals surface area contributed by atoms with Gasteiger partial charge in [0.1, 0.15) is 0 Å². The van der Waals surface area contributed by atoms with Crippen molar-refractivity contribution in [1.82, 2.24) is 20.4 Å². The maximum Gasteiger partial charge on any atom is 0.191 e. The number of aliphatic imine (C=N–C) groups is 1. The first-order chi connectivity index (χ1) is 14.3. The molecule has 0 aliphatic carbocycles. The van der Waals surface area contributed by atoms with Crippen LogP contribution in [0.3, 0.4) is 0 Å². The lowest BCUT2D eigenvalue weighted by atomic mass is 10.2. The number of halogens is 1. The Morgan fingerprint density at radius 3 is 2.87 bits per heavy atom. The molecule has 172 valence electrons. The molecule has 1 aromatic rings. The van der Waals surface area contributed by atoms with Crippen LogP contribution in [0, 0.1) is 0 Å². The van der Waals surface area contributed by atoms with Crippen molar-refractivity contribution in [3.63, 3.8) is 0 Å². The molecule has 1 aromatic heterocycles. The molecule has 3 rings (SSSR count). The number of rotatable bonds is 10. The SMILES string of the molecule is CCNC(=NCC(c1cccs1)N1CCOCC1)NCC1CCCN1CCOC.I. The maximum atomic E-state index is 5.55. The summed E-state index contributed by atoms with van der Waals surface area (Å²) in [6, 6.07) is 5.24. The van der Waals surface area contributed by atoms with Crippen LogP contribution in [0.5, 0.6) is 0 Å². The lowest BCUT2D eigenvalue weighted by Crippen LogP contribution is -2.46. The van der Waals surface area contributed by atoms with E-state index in [0.717, 1.165) is 65.0 Å². The minimum Gasteiger partial charge on any atom is -0.383 e. The summed E-state index contributed by atoms with van der Waals surface area (Å²) in [6.07, 6.45) is 2.50. The van der Waals surface area contributed by atoms with Gasteiger partial charge in [0.05, 0.1) is 32.4 Å². The predicted molar refractivity (Wildman–Crippen MR) is 135 cm³/mol. The molecule has 3 heterocycles. The van der Waals surface area contributed by atoms with Gasteiger partial charge in [0.2, 0.25) is 0 Å². The summed E-state index contributed by atoms with van der Waals surface area (Å²) in [5.41, 5.74) is 0. The fraction of sp³-hybridized carbons (Fsp3) is 0.762. The smallest absolute Gasteiger partial charge is 0.191 e. The van der Waals surface area contributed by atoms with Crippen LogP contribution >= 0.6 is 35.3 Å². The number of nitrogens with one attached hydrogen (secondary N) is 2. The van der Waals surface area contributed by atoms with Crippen molar-refractivity contribution in [3.05, 3.63) is 22.4 Å². The van der Waals surface area contributed by atoms with Crippen LogP contribution in [0.1, 0.15) is 30.7 Å². The molecule has 2 saturated heterocycles. The Bertz CT molecular complexity index is 598. The zero-order chi connectivity index (χ0) is 20.3. The Labute approximate surface area is 202 Å². The van der Waals surface area contributed by atoms with Gasteiger partial charge >= 0.3 is 0 Å². The van der Waals surface area contributed by atoms with Crippen molar-refractivity contribution in [2.45, 2.75) is 31.8 Å². The average Bonchev–Trinajstić information content (AvgIpc) is 3.43. The summed E-state index contributed by atoms with van der Waals surface area (Å²) >= 11 is 1.82. The molecule has 30 heavy (non-hydrogen) atoms. The highest BCUT2D eigenvalue weighted by atomic mass is 127. The van der Waals surface area contributed by atoms with Gasteiger partial charge in [-0.2, -0.15) is 0 Å². The van der Waals surface area contributed by atoms with Crippen molar-refractivity contribution >= 4 is 41.3 Å². The fourth-order valence-electron chi connectivity index (χ4n) is 4.12. The Hall–Kier alpha value is -0.460. The van der Waals surface area contributed by atoms with Crippen LogP contribution in [0.15, 0.2) is 22.5 Å². The highest BCUT2D eigenvalue weighted by Crippen LogP contribution is 2.26. The van der Waals surface area contributed by atoms with Gasteiger partial charge in [-0.1, -0.05) is 6.07 Å². The predicted octanol–water partition coefficient (Wildman–Crippen LogP) is 2.41. The van der Waals surface area contributed by atoms with E-state index in [-0.39, 0.29) is 24.0 Å². The van der Waals surface area contributed by atoms with Crippen molar-refractivity contribution in [3.8, 4) is 0 Å². The number of nitrogens with zero attached hydrogens (tertiary/aromatic N) is 3. The number of guanidine groups is 1. The largest absolute Gasteiger partial charge is 0.383 e. The monoisotopic (exact) mass is 551 g/mol. The molecule has 0 saturated carbocycles. The number of hydrogen-bond acceptors (Lipinski definition) is 6. The molecular weight excluding hydrogens is 513 g/mol. The molecular formula is C21H38IN5O2S. The van der Waals surface area contributed by atoms with Crippen LogP contribution in [0.25, 0.3) is 0 Å². The highest BCUT2D eigenvalue weighted by Gasteiger charge is 2.25. The number of thiophene rings is 1. The second-order valence-electron chi connectivity index (χ2n) is 7.60. The quantitative estimate of drug-likeness (QED) is 0.265. The lowest BCUT2D eigenvalue weighted by molar-refractivity contribution is 0.0186. The summed E-state index contributed by atoms with van der Waals surface area (Å²) in [4.78, 5) is 11.4. The molecule has 0 amide bonds. The molecule has 2 atom stereocenters. The molecule has 0 aromatic carbocycles. The molecule has 2 aliphatic heterocycles. The van der Waals surface area contributed by atoms with Gasteiger partial charge in [-0.3, -0.25) is 14.8 Å². The molecule has 2 aliphatic rings. The van der Waals surface area contributed by atoms with Crippen molar-refractivity contribution in [1.29, 1.82) is 0 Å². The Morgan fingerprint density at radius 1 is 1.33 bits per heavy atom. The van der Waals surface area contributed by atoms with Gasteiger partial charge in [-0.15, -0.1) is 35.3 Å². The molecule has 0 spiro atoms. The van der Waals surface area contributed by atoms with Crippen molar-refractivity contribution in [2.24, 2.45) is 4.99 Å². The van der Waals surface area contributed by atoms with Gasteiger partial charge < -0.3 is 20.1 Å². The van der Waals surface area contributed by atoms with Gasteiger partial charge in [-0.05, 0) is 37.8 Å². The number of ether oxygens (including phenoxy) is 2. The summed E-state index contributed by atoms with van der Waals surface area (Å²) in [7, 11) is 1.78. The third kappa shape index (κ3) is 7.90. The van der Waals surface area contributed by atoms with E-state index >= 15 is 0 Å². The minimum atomic E-state index is 0.